The fraction of sp³-hybridized carbons (Fsp3) is 0.483. The summed E-state index contributed by atoms with van der Waals surface area (Å²) in [5, 5.41) is 17.0. The number of aromatic nitrogens is 1. The third kappa shape index (κ3) is 5.96. The molecule has 1 aromatic carbocycles. The van der Waals surface area contributed by atoms with E-state index in [2.05, 4.69) is 60.8 Å². The third-order valence-corrected chi connectivity index (χ3v) is 7.54. The van der Waals surface area contributed by atoms with Gasteiger partial charge in [-0.2, -0.15) is 0 Å². The van der Waals surface area contributed by atoms with Crippen LogP contribution in [0.3, 0.4) is 0 Å². The van der Waals surface area contributed by atoms with Gasteiger partial charge in [-0.15, -0.1) is 0 Å². The molecule has 198 valence electrons. The average molecular weight is 509 g/mol. The highest BCUT2D eigenvalue weighted by atomic mass is 16.5. The van der Waals surface area contributed by atoms with E-state index < -0.39 is 11.9 Å². The van der Waals surface area contributed by atoms with E-state index in [0.29, 0.717) is 30.8 Å². The predicted octanol–water partition coefficient (Wildman–Crippen LogP) is 4.54. The largest absolute Gasteiger partial charge is 0.478 e. The molecule has 1 aromatic heterocycles. The normalized spacial score (nSPS) is 21.5. The number of rotatable bonds is 6. The van der Waals surface area contributed by atoms with Crippen molar-refractivity contribution in [1.82, 2.24) is 9.47 Å². The van der Waals surface area contributed by atoms with Gasteiger partial charge < -0.3 is 19.5 Å². The number of ether oxygens (including phenoxy) is 1. The van der Waals surface area contributed by atoms with E-state index in [9.17, 15) is 14.4 Å². The molecule has 0 bridgehead atoms. The molecule has 0 unspecified atom stereocenters. The van der Waals surface area contributed by atoms with Crippen LogP contribution in [0, 0.1) is 11.8 Å². The number of fused-ring (bicyclic) bond motifs is 2. The number of nitrogens with zero attached hydrogens (tertiary/aromatic N) is 2. The van der Waals surface area contributed by atoms with Gasteiger partial charge in [-0.3, -0.25) is 9.69 Å². The van der Waals surface area contributed by atoms with E-state index in [1.54, 1.807) is 0 Å². The van der Waals surface area contributed by atoms with Crippen LogP contribution in [0.1, 0.15) is 56.7 Å². The Labute approximate surface area is 217 Å². The van der Waals surface area contributed by atoms with E-state index in [1.165, 1.54) is 40.4 Å². The summed E-state index contributed by atoms with van der Waals surface area (Å²) in [5.74, 6) is -2.09. The van der Waals surface area contributed by atoms with Crippen LogP contribution in [-0.4, -0.2) is 63.8 Å². The van der Waals surface area contributed by atoms with Gasteiger partial charge in [0.15, 0.2) is 0 Å². The second-order valence-corrected chi connectivity index (χ2v) is 10.5. The highest BCUT2D eigenvalue weighted by molar-refractivity contribution is 5.98. The summed E-state index contributed by atoms with van der Waals surface area (Å²) in [7, 11) is 2.22. The summed E-state index contributed by atoms with van der Waals surface area (Å²) in [6, 6.07) is 7.58. The molecule has 0 saturated heterocycles. The molecule has 2 N–H and O–H groups in total. The molecular weight excluding hydrogens is 472 g/mol. The summed E-state index contributed by atoms with van der Waals surface area (Å²) >= 11 is 0. The molecule has 37 heavy (non-hydrogen) atoms. The first-order valence-electron chi connectivity index (χ1n) is 13.0. The molecule has 2 heterocycles. The van der Waals surface area contributed by atoms with Crippen molar-refractivity contribution in [3.05, 3.63) is 53.8 Å². The number of benzene rings is 1. The van der Waals surface area contributed by atoms with E-state index in [1.807, 2.05) is 0 Å². The minimum absolute atomic E-state index is 0.0210. The Hall–Kier alpha value is -3.39. The molecular formula is C29H36N2O6. The van der Waals surface area contributed by atoms with Crippen molar-refractivity contribution in [1.29, 1.82) is 0 Å². The van der Waals surface area contributed by atoms with Crippen molar-refractivity contribution in [2.45, 2.75) is 58.0 Å². The van der Waals surface area contributed by atoms with Gasteiger partial charge in [-0.1, -0.05) is 31.1 Å². The third-order valence-electron chi connectivity index (χ3n) is 7.54. The van der Waals surface area contributed by atoms with Crippen LogP contribution >= 0.6 is 0 Å². The number of carboxylic acid groups (broad SMARTS) is 2. The highest BCUT2D eigenvalue weighted by Gasteiger charge is 2.35. The van der Waals surface area contributed by atoms with Crippen LogP contribution in [0.2, 0.25) is 0 Å². The molecule has 8 heteroatoms. The average Bonchev–Trinajstić information content (AvgIpc) is 3.52. The monoisotopic (exact) mass is 508 g/mol. The predicted molar refractivity (Wildman–Crippen MR) is 141 cm³/mol. The lowest BCUT2D eigenvalue weighted by Crippen LogP contribution is -2.43. The van der Waals surface area contributed by atoms with Gasteiger partial charge in [0.25, 0.3) is 0 Å². The summed E-state index contributed by atoms with van der Waals surface area (Å²) in [4.78, 5) is 33.9. The van der Waals surface area contributed by atoms with E-state index >= 15 is 0 Å². The number of esters is 1. The number of hydrogen-bond donors (Lipinski definition) is 2. The zero-order chi connectivity index (χ0) is 26.7. The Balaban J connectivity index is 0.000000349. The van der Waals surface area contributed by atoms with Gasteiger partial charge in [-0.05, 0) is 62.9 Å². The van der Waals surface area contributed by atoms with Crippen LogP contribution in [0.5, 0.6) is 0 Å². The molecule has 8 nitrogen and oxygen atoms in total. The van der Waals surface area contributed by atoms with Crippen molar-refractivity contribution in [2.24, 2.45) is 11.8 Å². The maximum atomic E-state index is 12.4. The number of aliphatic carboxylic acids is 2. The minimum atomic E-state index is -1.26. The molecule has 3 aliphatic rings. The van der Waals surface area contributed by atoms with E-state index in [0.717, 1.165) is 25.8 Å². The second-order valence-electron chi connectivity index (χ2n) is 10.5. The van der Waals surface area contributed by atoms with Gasteiger partial charge in [0.1, 0.15) is 0 Å². The number of carbonyl (C=O) groups is 3. The van der Waals surface area contributed by atoms with Crippen molar-refractivity contribution in [3.8, 4) is 0 Å². The van der Waals surface area contributed by atoms with E-state index in [-0.39, 0.29) is 17.8 Å². The van der Waals surface area contributed by atoms with Gasteiger partial charge in [0.05, 0.1) is 12.5 Å². The highest BCUT2D eigenvalue weighted by Crippen LogP contribution is 2.42. The second kappa shape index (κ2) is 11.3. The zero-order valence-corrected chi connectivity index (χ0v) is 21.7. The van der Waals surface area contributed by atoms with Gasteiger partial charge >= 0.3 is 17.9 Å². The zero-order valence-electron chi connectivity index (χ0n) is 21.7. The number of carbonyl (C=O) groups excluding carboxylic acids is 1. The maximum Gasteiger partial charge on any atom is 0.328 e. The van der Waals surface area contributed by atoms with Crippen LogP contribution in [0.4, 0.5) is 0 Å². The molecule has 2 aromatic rings. The molecule has 2 aliphatic carbocycles. The summed E-state index contributed by atoms with van der Waals surface area (Å²) in [6.45, 7) is 5.95. The lowest BCUT2D eigenvalue weighted by atomic mass is 9.80. The molecule has 2 atom stereocenters. The first-order valence-corrected chi connectivity index (χ1v) is 13.0. The van der Waals surface area contributed by atoms with Crippen molar-refractivity contribution in [2.75, 3.05) is 20.2 Å². The number of likely N-dealkylation sites (N-methyl/N-ethyl adjacent to an activating group) is 1. The van der Waals surface area contributed by atoms with Crippen molar-refractivity contribution in [3.63, 3.8) is 0 Å². The fourth-order valence-corrected chi connectivity index (χ4v) is 5.82. The van der Waals surface area contributed by atoms with Gasteiger partial charge in [-0.25, -0.2) is 9.59 Å². The molecule has 1 aliphatic heterocycles. The Morgan fingerprint density at radius 3 is 2.41 bits per heavy atom. The summed E-state index contributed by atoms with van der Waals surface area (Å²) in [6.07, 6.45) is 11.3. The molecule has 0 spiro atoms. The van der Waals surface area contributed by atoms with Gasteiger partial charge in [0, 0.05) is 53.8 Å². The standard InChI is InChI=1S/C25H32N2O2.C4H4O4/c1-16(2)27-14-19-12-23-21(20-9-6-10-22(27)24(19)20)11-17(13-26(23)3)15-29-25(28)18-7-4-5-8-18;5-3(6)1-2-4(7)8/h6,9-11,14,16-18,23H,4-5,7-8,12-13,15H2,1-3H3;1-2H,(H,5,6)(H,7,8)/b;2-1-/t17-,23-;/m1./s1. The molecule has 5 rings (SSSR count). The number of carboxylic acids is 2. The Morgan fingerprint density at radius 2 is 1.78 bits per heavy atom. The lowest BCUT2D eigenvalue weighted by molar-refractivity contribution is -0.149. The maximum absolute atomic E-state index is 12.4. The Bertz CT molecular complexity index is 1220. The first-order chi connectivity index (χ1) is 17.7. The fourth-order valence-electron chi connectivity index (χ4n) is 5.82. The SMILES string of the molecule is CC(C)n1cc2c3c(cccc31)C1=C[C@@H](COC(=O)C3CCCC3)CN(C)[C@@H]1C2.O=C(O)/C=C\C(=O)O. The van der Waals surface area contributed by atoms with Gasteiger partial charge in [0.2, 0.25) is 0 Å². The smallest absolute Gasteiger partial charge is 0.328 e. The molecule has 0 amide bonds. The van der Waals surface area contributed by atoms with Crippen molar-refractivity contribution >= 4 is 34.4 Å². The molecule has 0 radical (unpaired) electrons. The first kappa shape index (κ1) is 26.7. The van der Waals surface area contributed by atoms with E-state index in [4.69, 9.17) is 14.9 Å². The van der Waals surface area contributed by atoms with Crippen LogP contribution in [-0.2, 0) is 25.5 Å². The summed E-state index contributed by atoms with van der Waals surface area (Å²) in [5.41, 5.74) is 5.58. The minimum Gasteiger partial charge on any atom is -0.478 e. The van der Waals surface area contributed by atoms with Crippen LogP contribution in [0.15, 0.2) is 42.6 Å². The Kier molecular flexibility index (Phi) is 8.17. The quantitative estimate of drug-likeness (QED) is 0.436. The van der Waals surface area contributed by atoms with Crippen LogP contribution < -0.4 is 0 Å². The Morgan fingerprint density at radius 1 is 1.11 bits per heavy atom. The lowest BCUT2D eigenvalue weighted by Gasteiger charge is -2.39. The summed E-state index contributed by atoms with van der Waals surface area (Å²) < 4.78 is 8.17. The van der Waals surface area contributed by atoms with Crippen LogP contribution in [0.25, 0.3) is 16.5 Å². The topological polar surface area (TPSA) is 109 Å². The van der Waals surface area contributed by atoms with Crippen molar-refractivity contribution < 1.29 is 29.3 Å². The molecule has 1 saturated carbocycles. The number of hydrogen-bond acceptors (Lipinski definition) is 5. The molecule has 1 fully saturated rings.